The maximum absolute atomic E-state index is 11.9. The lowest BCUT2D eigenvalue weighted by molar-refractivity contribution is -0.121. The van der Waals surface area contributed by atoms with Crippen molar-refractivity contribution in [1.82, 2.24) is 30.4 Å². The Morgan fingerprint density at radius 2 is 2.03 bits per heavy atom. The van der Waals surface area contributed by atoms with Crippen LogP contribution in [0.1, 0.15) is 17.2 Å². The molecule has 7 rings (SSSR count). The Kier molecular flexibility index (Phi) is 5.26. The molecule has 184 valence electrons. The second-order valence-corrected chi connectivity index (χ2v) is 10.3. The molecule has 37 heavy (non-hydrogen) atoms. The number of rotatable bonds is 5. The first-order valence-corrected chi connectivity index (χ1v) is 13.1. The van der Waals surface area contributed by atoms with Gasteiger partial charge >= 0.3 is 0 Å². The molecular weight excluding hydrogens is 484 g/mol. The predicted octanol–water partition coefficient (Wildman–Crippen LogP) is 4.21. The van der Waals surface area contributed by atoms with Crippen molar-refractivity contribution in [2.45, 2.75) is 19.0 Å². The summed E-state index contributed by atoms with van der Waals surface area (Å²) >= 11 is 1.69. The van der Waals surface area contributed by atoms with Gasteiger partial charge in [0.15, 0.2) is 0 Å². The van der Waals surface area contributed by atoms with Gasteiger partial charge in [0.1, 0.15) is 0 Å². The van der Waals surface area contributed by atoms with E-state index in [0.29, 0.717) is 24.9 Å². The lowest BCUT2D eigenvalue weighted by Crippen LogP contribution is -2.43. The first kappa shape index (κ1) is 22.1. The quantitative estimate of drug-likeness (QED) is 0.369. The number of nitrogens with one attached hydrogen (secondary N) is 2. The van der Waals surface area contributed by atoms with Crippen LogP contribution in [-0.2, 0) is 17.8 Å². The highest BCUT2D eigenvalue weighted by Crippen LogP contribution is 2.45. The molecule has 0 unspecified atom stereocenters. The fourth-order valence-electron chi connectivity index (χ4n) is 5.11. The number of ether oxygens (including phenoxy) is 1. The summed E-state index contributed by atoms with van der Waals surface area (Å²) in [5, 5.41) is 14.1. The Bertz CT molecular complexity index is 1670. The van der Waals surface area contributed by atoms with Gasteiger partial charge in [-0.05, 0) is 40.8 Å². The van der Waals surface area contributed by atoms with E-state index in [4.69, 9.17) is 9.72 Å². The van der Waals surface area contributed by atoms with Gasteiger partial charge in [0.25, 0.3) is 0 Å². The average molecular weight is 509 g/mol. The maximum atomic E-state index is 11.9. The molecule has 0 spiro atoms. The van der Waals surface area contributed by atoms with Crippen molar-refractivity contribution in [3.8, 4) is 39.5 Å². The highest BCUT2D eigenvalue weighted by atomic mass is 32.1. The molecule has 0 atom stereocenters. The molecule has 5 aromatic rings. The number of methoxy groups -OCH3 is 1. The summed E-state index contributed by atoms with van der Waals surface area (Å²) in [7, 11) is 1.65. The van der Waals surface area contributed by atoms with E-state index in [1.165, 1.54) is 0 Å². The standard InChI is InChI=1S/C28H24N6O2S/c1-36-28-21(3-2-7-30-28)24-26(19-12-32-34(15-19)20-13-29-14-20)33-25(22-6-8-37-27(22)24)17-5-4-16-10-23(35)31-11-18(16)9-17/h2-9,12,15,20,29H,10-11,13-14H2,1H3,(H,31,35). The van der Waals surface area contributed by atoms with Crippen molar-refractivity contribution in [2.75, 3.05) is 20.2 Å². The van der Waals surface area contributed by atoms with Crippen molar-refractivity contribution in [2.24, 2.45) is 0 Å². The zero-order chi connectivity index (χ0) is 24.9. The second-order valence-electron chi connectivity index (χ2n) is 9.37. The Morgan fingerprint density at radius 3 is 2.86 bits per heavy atom. The fraction of sp³-hybridized carbons (Fsp3) is 0.214. The molecule has 0 radical (unpaired) electrons. The number of fused-ring (bicyclic) bond motifs is 2. The summed E-state index contributed by atoms with van der Waals surface area (Å²) in [5.41, 5.74) is 7.84. The van der Waals surface area contributed by atoms with Crippen LogP contribution in [0.4, 0.5) is 0 Å². The van der Waals surface area contributed by atoms with Crippen LogP contribution in [0.2, 0.25) is 0 Å². The first-order valence-electron chi connectivity index (χ1n) is 12.2. The Morgan fingerprint density at radius 1 is 1.11 bits per heavy atom. The minimum absolute atomic E-state index is 0.0642. The van der Waals surface area contributed by atoms with Crippen LogP contribution >= 0.6 is 11.3 Å². The largest absolute Gasteiger partial charge is 0.481 e. The molecule has 4 aromatic heterocycles. The number of hydrogen-bond acceptors (Lipinski definition) is 7. The zero-order valence-electron chi connectivity index (χ0n) is 20.2. The monoisotopic (exact) mass is 508 g/mol. The van der Waals surface area contributed by atoms with E-state index in [-0.39, 0.29) is 5.91 Å². The van der Waals surface area contributed by atoms with Gasteiger partial charge in [-0.2, -0.15) is 5.10 Å². The number of thiophene rings is 1. The van der Waals surface area contributed by atoms with Crippen LogP contribution in [0.15, 0.2) is 60.4 Å². The Hall–Kier alpha value is -4.08. The van der Waals surface area contributed by atoms with Gasteiger partial charge in [-0.15, -0.1) is 11.3 Å². The van der Waals surface area contributed by atoms with Gasteiger partial charge in [-0.25, -0.2) is 9.97 Å². The van der Waals surface area contributed by atoms with Crippen LogP contribution in [0.5, 0.6) is 5.88 Å². The van der Waals surface area contributed by atoms with Crippen molar-refractivity contribution in [3.05, 3.63) is 71.5 Å². The summed E-state index contributed by atoms with van der Waals surface area (Å²) in [4.78, 5) is 21.7. The Labute approximate surface area is 217 Å². The number of nitrogens with zero attached hydrogens (tertiary/aromatic N) is 4. The number of hydrogen-bond donors (Lipinski definition) is 2. The van der Waals surface area contributed by atoms with E-state index in [9.17, 15) is 4.79 Å². The summed E-state index contributed by atoms with van der Waals surface area (Å²) in [6, 6.07) is 12.7. The van der Waals surface area contributed by atoms with Gasteiger partial charge in [0.2, 0.25) is 11.8 Å². The number of aromatic nitrogens is 4. The SMILES string of the molecule is COc1ncccc1-c1c(-c2cnn(C3CNC3)c2)nc(-c2ccc3c(c2)CNC(=O)C3)c2ccsc12. The topological polar surface area (TPSA) is 94.0 Å². The molecule has 1 fully saturated rings. The normalized spacial score (nSPS) is 15.3. The van der Waals surface area contributed by atoms with Gasteiger partial charge in [0, 0.05) is 64.4 Å². The summed E-state index contributed by atoms with van der Waals surface area (Å²) in [6.07, 6.45) is 6.14. The molecule has 0 aliphatic carbocycles. The molecule has 2 N–H and O–H groups in total. The fourth-order valence-corrected chi connectivity index (χ4v) is 6.06. The molecule has 2 aliphatic heterocycles. The van der Waals surface area contributed by atoms with Crippen LogP contribution in [0.25, 0.3) is 43.7 Å². The average Bonchev–Trinajstić information content (AvgIpc) is 3.57. The van der Waals surface area contributed by atoms with E-state index in [1.807, 2.05) is 23.0 Å². The van der Waals surface area contributed by atoms with Crippen LogP contribution in [0, 0.1) is 0 Å². The van der Waals surface area contributed by atoms with Crippen molar-refractivity contribution >= 4 is 27.3 Å². The minimum atomic E-state index is 0.0642. The van der Waals surface area contributed by atoms with E-state index in [0.717, 1.165) is 67.9 Å². The van der Waals surface area contributed by atoms with Gasteiger partial charge < -0.3 is 15.4 Å². The zero-order valence-corrected chi connectivity index (χ0v) is 21.0. The third kappa shape index (κ3) is 3.70. The number of carbonyl (C=O) groups excluding carboxylic acids is 1. The molecule has 1 aromatic carbocycles. The Balaban J connectivity index is 1.47. The van der Waals surface area contributed by atoms with Gasteiger partial charge in [-0.3, -0.25) is 9.48 Å². The molecule has 1 amide bonds. The lowest BCUT2D eigenvalue weighted by Gasteiger charge is -2.27. The van der Waals surface area contributed by atoms with Crippen molar-refractivity contribution in [3.63, 3.8) is 0 Å². The molecule has 8 nitrogen and oxygen atoms in total. The van der Waals surface area contributed by atoms with Crippen LogP contribution in [0.3, 0.4) is 0 Å². The van der Waals surface area contributed by atoms with Crippen molar-refractivity contribution < 1.29 is 9.53 Å². The van der Waals surface area contributed by atoms with Crippen LogP contribution in [-0.4, -0.2) is 45.9 Å². The first-order chi connectivity index (χ1) is 18.2. The lowest BCUT2D eigenvalue weighted by atomic mass is 9.94. The number of pyridine rings is 2. The third-order valence-corrected chi connectivity index (χ3v) is 8.09. The molecule has 9 heteroatoms. The molecule has 6 heterocycles. The molecule has 1 saturated heterocycles. The maximum Gasteiger partial charge on any atom is 0.224 e. The van der Waals surface area contributed by atoms with E-state index >= 15 is 0 Å². The van der Waals surface area contributed by atoms with Gasteiger partial charge in [0.05, 0.1) is 37.2 Å². The van der Waals surface area contributed by atoms with Gasteiger partial charge in [-0.1, -0.05) is 12.1 Å². The van der Waals surface area contributed by atoms with E-state index in [1.54, 1.807) is 24.6 Å². The van der Waals surface area contributed by atoms with Crippen molar-refractivity contribution in [1.29, 1.82) is 0 Å². The summed E-state index contributed by atoms with van der Waals surface area (Å²) in [6.45, 7) is 2.37. The molecule has 0 saturated carbocycles. The highest BCUT2D eigenvalue weighted by molar-refractivity contribution is 7.18. The molecule has 2 aliphatic rings. The highest BCUT2D eigenvalue weighted by Gasteiger charge is 2.25. The van der Waals surface area contributed by atoms with E-state index < -0.39 is 0 Å². The third-order valence-electron chi connectivity index (χ3n) is 7.16. The predicted molar refractivity (Wildman–Crippen MR) is 144 cm³/mol. The summed E-state index contributed by atoms with van der Waals surface area (Å²) < 4.78 is 8.82. The second kappa shape index (κ2) is 8.79. The molecular formula is C28H24N6O2S. The molecule has 0 bridgehead atoms. The number of amides is 1. The number of carbonyl (C=O) groups is 1. The van der Waals surface area contributed by atoms with Crippen LogP contribution < -0.4 is 15.4 Å². The minimum Gasteiger partial charge on any atom is -0.481 e. The number of benzene rings is 1. The summed E-state index contributed by atoms with van der Waals surface area (Å²) in [5.74, 6) is 0.627. The smallest absolute Gasteiger partial charge is 0.224 e. The van der Waals surface area contributed by atoms with E-state index in [2.05, 4.69) is 56.6 Å².